The van der Waals surface area contributed by atoms with Gasteiger partial charge in [-0.05, 0) is 18.9 Å². The summed E-state index contributed by atoms with van der Waals surface area (Å²) in [5.74, 6) is 0.711. The Hall–Kier alpha value is -2.21. The molecule has 1 aromatic carbocycles. The summed E-state index contributed by atoms with van der Waals surface area (Å²) in [6, 6.07) is 8.03. The Morgan fingerprint density at radius 3 is 3.09 bits per heavy atom. The van der Waals surface area contributed by atoms with Crippen LogP contribution in [0.4, 0.5) is 0 Å². The molecular formula is C17H18N4OS. The summed E-state index contributed by atoms with van der Waals surface area (Å²) in [7, 11) is 0. The fourth-order valence-corrected chi connectivity index (χ4v) is 3.60. The van der Waals surface area contributed by atoms with Gasteiger partial charge in [0.25, 0.3) is 0 Å². The van der Waals surface area contributed by atoms with Gasteiger partial charge in [-0.3, -0.25) is 9.48 Å². The van der Waals surface area contributed by atoms with Crippen LogP contribution in [0.25, 0.3) is 10.9 Å². The van der Waals surface area contributed by atoms with E-state index in [2.05, 4.69) is 20.8 Å². The molecule has 0 atom stereocenters. The lowest BCUT2D eigenvalue weighted by atomic mass is 10.2. The number of rotatable bonds is 6. The van der Waals surface area contributed by atoms with Gasteiger partial charge in [0.15, 0.2) is 0 Å². The predicted octanol–water partition coefficient (Wildman–Crippen LogP) is 3.08. The van der Waals surface area contributed by atoms with Crippen molar-refractivity contribution in [3.8, 4) is 0 Å². The summed E-state index contributed by atoms with van der Waals surface area (Å²) in [6.45, 7) is 1.10. The third kappa shape index (κ3) is 3.27. The van der Waals surface area contributed by atoms with Crippen molar-refractivity contribution in [1.29, 1.82) is 0 Å². The van der Waals surface area contributed by atoms with Crippen molar-refractivity contribution in [3.05, 3.63) is 46.5 Å². The quantitative estimate of drug-likeness (QED) is 0.757. The zero-order valence-corrected chi connectivity index (χ0v) is 13.6. The van der Waals surface area contributed by atoms with Gasteiger partial charge in [0.2, 0.25) is 5.91 Å². The molecule has 0 spiro atoms. The van der Waals surface area contributed by atoms with Crippen molar-refractivity contribution in [2.45, 2.75) is 38.3 Å². The number of para-hydroxylation sites is 1. The highest BCUT2D eigenvalue weighted by atomic mass is 32.1. The van der Waals surface area contributed by atoms with Crippen molar-refractivity contribution in [1.82, 2.24) is 20.1 Å². The molecular weight excluding hydrogens is 308 g/mol. The number of hydrogen-bond acceptors (Lipinski definition) is 4. The normalized spacial score (nSPS) is 14.3. The summed E-state index contributed by atoms with van der Waals surface area (Å²) in [5, 5.41) is 11.7. The van der Waals surface area contributed by atoms with Crippen molar-refractivity contribution >= 4 is 28.1 Å². The minimum absolute atomic E-state index is 0.0329. The number of aryl methyl sites for hydroxylation is 1. The number of nitrogens with one attached hydrogen (secondary N) is 1. The number of carbonyl (C=O) groups excluding carboxylic acids is 1. The second kappa shape index (κ2) is 6.12. The highest BCUT2D eigenvalue weighted by Gasteiger charge is 2.26. The monoisotopic (exact) mass is 326 g/mol. The molecule has 1 amide bonds. The van der Waals surface area contributed by atoms with E-state index >= 15 is 0 Å². The van der Waals surface area contributed by atoms with Gasteiger partial charge in [-0.2, -0.15) is 5.10 Å². The fraction of sp³-hybridized carbons (Fsp3) is 0.353. The van der Waals surface area contributed by atoms with Crippen molar-refractivity contribution < 1.29 is 4.79 Å². The largest absolute Gasteiger partial charge is 0.350 e. The van der Waals surface area contributed by atoms with Crippen LogP contribution in [0.3, 0.4) is 0 Å². The Morgan fingerprint density at radius 1 is 1.35 bits per heavy atom. The van der Waals surface area contributed by atoms with E-state index in [9.17, 15) is 4.79 Å². The Kier molecular flexibility index (Phi) is 3.83. The molecule has 0 bridgehead atoms. The van der Waals surface area contributed by atoms with E-state index in [0.29, 0.717) is 25.4 Å². The zero-order valence-electron chi connectivity index (χ0n) is 12.7. The van der Waals surface area contributed by atoms with Gasteiger partial charge in [0, 0.05) is 23.1 Å². The lowest BCUT2D eigenvalue weighted by molar-refractivity contribution is -0.121. The van der Waals surface area contributed by atoms with E-state index in [1.54, 1.807) is 11.3 Å². The number of nitrogens with zero attached hydrogens (tertiary/aromatic N) is 3. The molecule has 23 heavy (non-hydrogen) atoms. The van der Waals surface area contributed by atoms with Crippen LogP contribution in [-0.2, 0) is 17.9 Å². The van der Waals surface area contributed by atoms with Crippen molar-refractivity contribution in [3.63, 3.8) is 0 Å². The third-order valence-electron chi connectivity index (χ3n) is 4.06. The van der Waals surface area contributed by atoms with E-state index in [-0.39, 0.29) is 5.91 Å². The first kappa shape index (κ1) is 14.4. The third-order valence-corrected chi connectivity index (χ3v) is 5.12. The minimum atomic E-state index is 0.0329. The molecule has 3 aromatic rings. The van der Waals surface area contributed by atoms with Gasteiger partial charge < -0.3 is 5.32 Å². The number of thiazole rings is 1. The van der Waals surface area contributed by atoms with Gasteiger partial charge in [0.05, 0.1) is 35.5 Å². The second-order valence-electron chi connectivity index (χ2n) is 5.90. The average molecular weight is 326 g/mol. The number of carbonyl (C=O) groups is 1. The molecule has 1 aliphatic rings. The van der Waals surface area contributed by atoms with E-state index in [0.717, 1.165) is 16.6 Å². The predicted molar refractivity (Wildman–Crippen MR) is 90.3 cm³/mol. The number of fused-ring (bicyclic) bond motifs is 1. The molecule has 5 nitrogen and oxygen atoms in total. The summed E-state index contributed by atoms with van der Waals surface area (Å²) >= 11 is 1.71. The first-order valence-corrected chi connectivity index (χ1v) is 8.79. The molecule has 4 rings (SSSR count). The highest BCUT2D eigenvalue weighted by molar-refractivity contribution is 7.09. The topological polar surface area (TPSA) is 59.8 Å². The Bertz CT molecular complexity index is 834. The van der Waals surface area contributed by atoms with Crippen molar-refractivity contribution in [2.75, 3.05) is 0 Å². The Labute approximate surface area is 138 Å². The van der Waals surface area contributed by atoms with E-state index in [1.165, 1.54) is 17.8 Å². The Balaban J connectivity index is 1.29. The molecule has 0 radical (unpaired) electrons. The summed E-state index contributed by atoms with van der Waals surface area (Å²) in [5.41, 5.74) is 2.03. The summed E-state index contributed by atoms with van der Waals surface area (Å²) in [4.78, 5) is 16.6. The van der Waals surface area contributed by atoms with Gasteiger partial charge in [-0.15, -0.1) is 11.3 Å². The maximum Gasteiger partial charge on any atom is 0.222 e. The fourth-order valence-electron chi connectivity index (χ4n) is 2.61. The first-order chi connectivity index (χ1) is 11.3. The molecule has 118 valence electrons. The van der Waals surface area contributed by atoms with Crippen LogP contribution in [0.2, 0.25) is 0 Å². The summed E-state index contributed by atoms with van der Waals surface area (Å²) < 4.78 is 1.88. The molecule has 1 aliphatic carbocycles. The lowest BCUT2D eigenvalue weighted by Crippen LogP contribution is -2.24. The molecule has 2 aromatic heterocycles. The Morgan fingerprint density at radius 2 is 2.22 bits per heavy atom. The van der Waals surface area contributed by atoms with Gasteiger partial charge in [-0.1, -0.05) is 18.2 Å². The molecule has 1 fully saturated rings. The van der Waals surface area contributed by atoms with Gasteiger partial charge in [-0.25, -0.2) is 4.98 Å². The molecule has 1 saturated carbocycles. The number of hydrogen-bond donors (Lipinski definition) is 1. The standard InChI is InChI=1S/C17H18N4OS/c22-16(18-10-14-11-23-17(20-14)12-5-6-12)7-8-21-15-4-2-1-3-13(15)9-19-21/h1-4,9,11-12H,5-8,10H2,(H,18,22). The number of aromatic nitrogens is 3. The maximum atomic E-state index is 12.0. The smallest absolute Gasteiger partial charge is 0.222 e. The number of amides is 1. The molecule has 6 heteroatoms. The van der Waals surface area contributed by atoms with Gasteiger partial charge in [0.1, 0.15) is 0 Å². The highest BCUT2D eigenvalue weighted by Crippen LogP contribution is 2.41. The van der Waals surface area contributed by atoms with Crippen LogP contribution in [0, 0.1) is 0 Å². The first-order valence-electron chi connectivity index (χ1n) is 7.91. The summed E-state index contributed by atoms with van der Waals surface area (Å²) in [6.07, 6.45) is 4.78. The molecule has 0 aliphatic heterocycles. The molecule has 2 heterocycles. The molecule has 1 N–H and O–H groups in total. The van der Waals surface area contributed by atoms with E-state index in [1.807, 2.05) is 35.1 Å². The van der Waals surface area contributed by atoms with Crippen LogP contribution in [0.5, 0.6) is 0 Å². The molecule has 0 unspecified atom stereocenters. The SMILES string of the molecule is O=C(CCn1ncc2ccccc21)NCc1csc(C2CC2)n1. The molecule has 0 saturated heterocycles. The van der Waals surface area contributed by atoms with Crippen LogP contribution >= 0.6 is 11.3 Å². The van der Waals surface area contributed by atoms with Crippen LogP contribution in [0.1, 0.15) is 35.9 Å². The van der Waals surface area contributed by atoms with Crippen molar-refractivity contribution in [2.24, 2.45) is 0 Å². The van der Waals surface area contributed by atoms with E-state index in [4.69, 9.17) is 0 Å². The van der Waals surface area contributed by atoms with Gasteiger partial charge >= 0.3 is 0 Å². The van der Waals surface area contributed by atoms with Crippen LogP contribution < -0.4 is 5.32 Å². The zero-order chi connectivity index (χ0) is 15.6. The van der Waals surface area contributed by atoms with Crippen LogP contribution in [-0.4, -0.2) is 20.7 Å². The minimum Gasteiger partial charge on any atom is -0.350 e. The van der Waals surface area contributed by atoms with E-state index < -0.39 is 0 Å². The maximum absolute atomic E-state index is 12.0. The van der Waals surface area contributed by atoms with Crippen LogP contribution in [0.15, 0.2) is 35.8 Å². The average Bonchev–Trinajstić information content (AvgIpc) is 3.18. The number of benzene rings is 1. The second-order valence-corrected chi connectivity index (χ2v) is 6.79. The lowest BCUT2D eigenvalue weighted by Gasteiger charge is -2.05.